The average molecular weight is 723 g/mol. The van der Waals surface area contributed by atoms with Crippen LogP contribution in [0, 0.1) is 53.7 Å². The maximum absolute atomic E-state index is 6.48. The average Bonchev–Trinajstić information content (AvgIpc) is 3.62. The van der Waals surface area contributed by atoms with Crippen molar-refractivity contribution in [1.29, 1.82) is 0 Å². The van der Waals surface area contributed by atoms with E-state index in [1.165, 1.54) is 44.6 Å². The van der Waals surface area contributed by atoms with Crippen molar-refractivity contribution in [2.45, 2.75) is 68.2 Å². The molecule has 7 aromatic rings. The van der Waals surface area contributed by atoms with E-state index >= 15 is 0 Å². The number of hydrogen-bond donors (Lipinski definition) is 0. The van der Waals surface area contributed by atoms with Gasteiger partial charge in [0.2, 0.25) is 0 Å². The molecule has 0 amide bonds. The van der Waals surface area contributed by atoms with Crippen LogP contribution in [0.25, 0.3) is 44.4 Å². The summed E-state index contributed by atoms with van der Waals surface area (Å²) in [6.45, 7) is 17.7. The molecule has 5 nitrogen and oxygen atoms in total. The van der Waals surface area contributed by atoms with Crippen LogP contribution < -0.4 is 4.74 Å². The van der Waals surface area contributed by atoms with Gasteiger partial charge in [0.1, 0.15) is 5.82 Å². The van der Waals surface area contributed by atoms with Gasteiger partial charge in [0.25, 0.3) is 0 Å². The molecule has 48 heavy (non-hydrogen) atoms. The molecule has 0 saturated heterocycles. The largest absolute Gasteiger partial charge is 2.00 e. The number of pyridine rings is 1. The second-order valence-electron chi connectivity index (χ2n) is 12.5. The summed E-state index contributed by atoms with van der Waals surface area (Å²) in [4.78, 5) is 4.71. The van der Waals surface area contributed by atoms with Gasteiger partial charge in [-0.25, -0.2) is 4.98 Å². The second-order valence-corrected chi connectivity index (χ2v) is 12.5. The van der Waals surface area contributed by atoms with Gasteiger partial charge in [0.15, 0.2) is 0 Å². The Morgan fingerprint density at radius 2 is 1.40 bits per heavy atom. The van der Waals surface area contributed by atoms with Crippen LogP contribution in [0.1, 0.15) is 58.6 Å². The van der Waals surface area contributed by atoms with Crippen LogP contribution in [0.4, 0.5) is 0 Å². The first kappa shape index (κ1) is 33.4. The summed E-state index contributed by atoms with van der Waals surface area (Å²) in [7, 11) is 0. The quantitative estimate of drug-likeness (QED) is 0.122. The monoisotopic (exact) mass is 722 g/mol. The zero-order valence-electron chi connectivity index (χ0n) is 28.9. The van der Waals surface area contributed by atoms with Gasteiger partial charge in [-0.3, -0.25) is 4.68 Å². The molecule has 3 aromatic heterocycles. The van der Waals surface area contributed by atoms with E-state index in [2.05, 4.69) is 119 Å². The summed E-state index contributed by atoms with van der Waals surface area (Å²) in [5.41, 5.74) is 15.6. The number of hydrogen-bond acceptors (Lipinski definition) is 3. The predicted molar refractivity (Wildman–Crippen MR) is 192 cm³/mol. The molecule has 7 rings (SSSR count). The molecule has 0 bridgehead atoms. The third kappa shape index (κ3) is 5.48. The van der Waals surface area contributed by atoms with Crippen molar-refractivity contribution in [3.8, 4) is 34.1 Å². The van der Waals surface area contributed by atoms with E-state index in [9.17, 15) is 0 Å². The zero-order valence-corrected chi connectivity index (χ0v) is 30.4. The van der Waals surface area contributed by atoms with Crippen molar-refractivity contribution in [2.75, 3.05) is 0 Å². The van der Waals surface area contributed by atoms with E-state index in [1.54, 1.807) is 0 Å². The fourth-order valence-corrected chi connectivity index (χ4v) is 6.99. The molecule has 0 N–H and O–H groups in total. The summed E-state index contributed by atoms with van der Waals surface area (Å²) < 4.78 is 10.7. The van der Waals surface area contributed by atoms with Crippen LogP contribution in [-0.2, 0) is 33.3 Å². The van der Waals surface area contributed by atoms with Gasteiger partial charge in [-0.15, -0.1) is 35.7 Å². The minimum Gasteiger partial charge on any atom is -0.509 e. The molecule has 0 aliphatic carbocycles. The number of para-hydroxylation sites is 1. The summed E-state index contributed by atoms with van der Waals surface area (Å²) in [5.74, 6) is 2.09. The van der Waals surface area contributed by atoms with Crippen LogP contribution in [-0.4, -0.2) is 19.3 Å². The third-order valence-electron chi connectivity index (χ3n) is 9.86. The molecule has 244 valence electrons. The molecule has 0 fully saturated rings. The Bertz CT molecular complexity index is 2300. The molecule has 3 heterocycles. The summed E-state index contributed by atoms with van der Waals surface area (Å²) in [6, 6.07) is 29.7. The van der Waals surface area contributed by atoms with E-state index in [0.717, 1.165) is 57.4 Å². The standard InChI is InChI=1S/C42H40N4O.Pd/c1-9-36-42(41-29(7)27(5)26(4)28(6)30(41)8)37(10-2)46(44-36)31-14-13-15-32(23-31)47-33-18-19-35-34-16-11-12-17-38(34)45(39(35)24-33)40-22-25(3)20-21-43-40;/h11-22H,9-10H2,1-8H3;/q-2;+2. The van der Waals surface area contributed by atoms with E-state index in [1.807, 2.05) is 30.5 Å². The molecule has 0 atom stereocenters. The zero-order chi connectivity index (χ0) is 33.0. The van der Waals surface area contributed by atoms with Crippen LogP contribution in [0.3, 0.4) is 0 Å². The number of aryl methyl sites for hydroxylation is 2. The van der Waals surface area contributed by atoms with E-state index in [4.69, 9.17) is 14.8 Å². The van der Waals surface area contributed by atoms with Gasteiger partial charge in [-0.1, -0.05) is 37.6 Å². The maximum atomic E-state index is 6.48. The maximum Gasteiger partial charge on any atom is 2.00 e. The van der Waals surface area contributed by atoms with Crippen molar-refractivity contribution in [3.63, 3.8) is 0 Å². The SMILES string of the molecule is CCc1nn(-c2[c-]c(Oc3[c-]c4c(cc3)c3ccccc3n4-c3cc(C)ccn3)ccc2)c(CC)c1-c1c(C)c(C)c(C)c(C)c1C.[Pd+2]. The molecular weight excluding hydrogens is 683 g/mol. The second kappa shape index (κ2) is 13.2. The van der Waals surface area contributed by atoms with Gasteiger partial charge < -0.3 is 9.30 Å². The topological polar surface area (TPSA) is 44.9 Å². The Kier molecular flexibility index (Phi) is 9.18. The Morgan fingerprint density at radius 3 is 2.10 bits per heavy atom. The van der Waals surface area contributed by atoms with Gasteiger partial charge in [-0.2, -0.15) is 17.2 Å². The minimum atomic E-state index is 0. The van der Waals surface area contributed by atoms with E-state index < -0.39 is 0 Å². The van der Waals surface area contributed by atoms with E-state index in [-0.39, 0.29) is 20.4 Å². The van der Waals surface area contributed by atoms with Crippen LogP contribution >= 0.6 is 0 Å². The number of benzene rings is 4. The number of nitrogens with zero attached hydrogens (tertiary/aromatic N) is 4. The number of ether oxygens (including phenoxy) is 1. The van der Waals surface area contributed by atoms with Gasteiger partial charge >= 0.3 is 20.4 Å². The molecular formula is C42H40N4OPd. The molecule has 0 unspecified atom stereocenters. The molecule has 0 aliphatic rings. The van der Waals surface area contributed by atoms with Gasteiger partial charge in [0, 0.05) is 34.5 Å². The predicted octanol–water partition coefficient (Wildman–Crippen LogP) is 10.4. The Morgan fingerprint density at radius 1 is 0.688 bits per heavy atom. The summed E-state index contributed by atoms with van der Waals surface area (Å²) in [5, 5.41) is 7.44. The van der Waals surface area contributed by atoms with Crippen molar-refractivity contribution in [2.24, 2.45) is 0 Å². The van der Waals surface area contributed by atoms with Crippen LogP contribution in [0.2, 0.25) is 0 Å². The third-order valence-corrected chi connectivity index (χ3v) is 9.86. The minimum absolute atomic E-state index is 0. The fourth-order valence-electron chi connectivity index (χ4n) is 6.99. The number of aromatic nitrogens is 4. The van der Waals surface area contributed by atoms with E-state index in [0.29, 0.717) is 11.5 Å². The Labute approximate surface area is 297 Å². The van der Waals surface area contributed by atoms with Gasteiger partial charge in [-0.05, 0) is 123 Å². The van der Waals surface area contributed by atoms with Crippen LogP contribution in [0.15, 0.2) is 72.9 Å². The molecule has 0 spiro atoms. The Balaban J connectivity index is 0.00000401. The number of fused-ring (bicyclic) bond motifs is 3. The smallest absolute Gasteiger partial charge is 0.509 e. The molecule has 4 aromatic carbocycles. The summed E-state index contributed by atoms with van der Waals surface area (Å²) in [6.07, 6.45) is 3.54. The molecule has 0 saturated carbocycles. The van der Waals surface area contributed by atoms with Crippen LogP contribution in [0.5, 0.6) is 11.5 Å². The first-order valence-corrected chi connectivity index (χ1v) is 16.5. The fraction of sp³-hybridized carbons (Fsp3) is 0.238. The van der Waals surface area contributed by atoms with Crippen molar-refractivity contribution >= 4 is 21.8 Å². The van der Waals surface area contributed by atoms with Crippen molar-refractivity contribution < 1.29 is 25.2 Å². The number of rotatable bonds is 7. The van der Waals surface area contributed by atoms with Crippen molar-refractivity contribution in [3.05, 3.63) is 130 Å². The normalized spacial score (nSPS) is 11.3. The molecule has 6 heteroatoms. The summed E-state index contributed by atoms with van der Waals surface area (Å²) >= 11 is 0. The van der Waals surface area contributed by atoms with Gasteiger partial charge in [0.05, 0.1) is 5.69 Å². The first-order valence-electron chi connectivity index (χ1n) is 16.5. The first-order chi connectivity index (χ1) is 22.7. The molecule has 0 radical (unpaired) electrons. The Hall–Kier alpha value is -4.50. The molecule has 0 aliphatic heterocycles. The van der Waals surface area contributed by atoms with Crippen molar-refractivity contribution in [1.82, 2.24) is 19.3 Å².